The third-order valence-corrected chi connectivity index (χ3v) is 5.82. The van der Waals surface area contributed by atoms with E-state index < -0.39 is 0 Å². The van der Waals surface area contributed by atoms with Gasteiger partial charge in [0.1, 0.15) is 0 Å². The molecule has 0 bridgehead atoms. The van der Waals surface area contributed by atoms with Gasteiger partial charge in [-0.15, -0.1) is 0 Å². The van der Waals surface area contributed by atoms with Gasteiger partial charge in [0.15, 0.2) is 11.5 Å². The van der Waals surface area contributed by atoms with E-state index in [-0.39, 0.29) is 25.2 Å². The molecule has 4 nitrogen and oxygen atoms in total. The zero-order valence-corrected chi connectivity index (χ0v) is 16.4. The van der Waals surface area contributed by atoms with Crippen LogP contribution in [0.3, 0.4) is 0 Å². The van der Waals surface area contributed by atoms with Gasteiger partial charge in [-0.05, 0) is 48.2 Å². The van der Waals surface area contributed by atoms with Gasteiger partial charge in [-0.2, -0.15) is 0 Å². The molecule has 1 heterocycles. The minimum Gasteiger partial charge on any atom is -0.454 e. The normalized spacial score (nSPS) is 15.9. The first-order valence-corrected chi connectivity index (χ1v) is 9.97. The Balaban J connectivity index is 1.54. The van der Waals surface area contributed by atoms with Gasteiger partial charge in [-0.3, -0.25) is 4.79 Å². The molecule has 1 amide bonds. The molecule has 1 fully saturated rings. The number of hydrogen-bond donors (Lipinski definition) is 0. The molecule has 1 aliphatic carbocycles. The Morgan fingerprint density at radius 2 is 1.81 bits per heavy atom. The van der Waals surface area contributed by atoms with Gasteiger partial charge in [0.2, 0.25) is 12.7 Å². The molecule has 0 N–H and O–H groups in total. The van der Waals surface area contributed by atoms with E-state index in [4.69, 9.17) is 32.7 Å². The van der Waals surface area contributed by atoms with Crippen LogP contribution in [0, 0.1) is 0 Å². The molecular weight excluding hydrogens is 385 g/mol. The second-order valence-electron chi connectivity index (χ2n) is 7.06. The maximum absolute atomic E-state index is 13.2. The first-order valence-electron chi connectivity index (χ1n) is 9.22. The minimum absolute atomic E-state index is 0.0868. The molecule has 0 spiro atoms. The van der Waals surface area contributed by atoms with Crippen LogP contribution in [-0.4, -0.2) is 23.6 Å². The highest BCUT2D eigenvalue weighted by atomic mass is 35.5. The minimum atomic E-state index is 0.0868. The van der Waals surface area contributed by atoms with Gasteiger partial charge < -0.3 is 14.4 Å². The van der Waals surface area contributed by atoms with Crippen LogP contribution in [0.1, 0.15) is 36.8 Å². The second-order valence-corrected chi connectivity index (χ2v) is 7.90. The fourth-order valence-corrected chi connectivity index (χ4v) is 4.28. The van der Waals surface area contributed by atoms with Gasteiger partial charge in [0.05, 0.1) is 6.42 Å². The molecule has 2 aromatic rings. The number of carbonyl (C=O) groups is 1. The molecule has 1 aliphatic heterocycles. The van der Waals surface area contributed by atoms with Crippen LogP contribution in [-0.2, 0) is 17.8 Å². The van der Waals surface area contributed by atoms with E-state index in [1.807, 2.05) is 29.2 Å². The maximum atomic E-state index is 13.2. The van der Waals surface area contributed by atoms with Crippen LogP contribution in [0.5, 0.6) is 11.5 Å². The number of ether oxygens (including phenoxy) is 2. The van der Waals surface area contributed by atoms with Crippen LogP contribution in [0.2, 0.25) is 10.0 Å². The third kappa shape index (κ3) is 4.17. The largest absolute Gasteiger partial charge is 0.454 e. The number of fused-ring (bicyclic) bond motifs is 1. The van der Waals surface area contributed by atoms with E-state index in [0.717, 1.165) is 48.3 Å². The van der Waals surface area contributed by atoms with Crippen molar-refractivity contribution in [3.63, 3.8) is 0 Å². The Hall–Kier alpha value is -1.91. The van der Waals surface area contributed by atoms with E-state index in [1.165, 1.54) is 0 Å². The summed E-state index contributed by atoms with van der Waals surface area (Å²) in [5.74, 6) is 1.58. The summed E-state index contributed by atoms with van der Waals surface area (Å²) in [4.78, 5) is 15.1. The Morgan fingerprint density at radius 1 is 1.04 bits per heavy atom. The molecular formula is C21H21Cl2NO3. The number of benzene rings is 2. The van der Waals surface area contributed by atoms with Crippen molar-refractivity contribution in [1.82, 2.24) is 4.90 Å². The zero-order valence-electron chi connectivity index (χ0n) is 14.9. The Labute approximate surface area is 169 Å². The van der Waals surface area contributed by atoms with Crippen molar-refractivity contribution in [2.45, 2.75) is 44.7 Å². The number of nitrogens with zero attached hydrogens (tertiary/aromatic N) is 1. The summed E-state index contributed by atoms with van der Waals surface area (Å²) in [7, 11) is 0. The van der Waals surface area contributed by atoms with Crippen molar-refractivity contribution in [1.29, 1.82) is 0 Å². The van der Waals surface area contributed by atoms with Gasteiger partial charge in [-0.25, -0.2) is 0 Å². The molecule has 6 heteroatoms. The van der Waals surface area contributed by atoms with Crippen molar-refractivity contribution in [3.05, 3.63) is 57.6 Å². The van der Waals surface area contributed by atoms with Crippen molar-refractivity contribution in [2.24, 2.45) is 0 Å². The molecule has 27 heavy (non-hydrogen) atoms. The lowest BCUT2D eigenvalue weighted by molar-refractivity contribution is -0.133. The quantitative estimate of drug-likeness (QED) is 0.682. The van der Waals surface area contributed by atoms with Crippen LogP contribution in [0.4, 0.5) is 0 Å². The topological polar surface area (TPSA) is 38.8 Å². The average molecular weight is 406 g/mol. The summed E-state index contributed by atoms with van der Waals surface area (Å²) in [6, 6.07) is 11.4. The first kappa shape index (κ1) is 18.5. The Kier molecular flexibility index (Phi) is 5.46. The number of halogens is 2. The Morgan fingerprint density at radius 3 is 2.59 bits per heavy atom. The molecule has 0 unspecified atom stereocenters. The van der Waals surface area contributed by atoms with Crippen molar-refractivity contribution >= 4 is 29.1 Å². The lowest BCUT2D eigenvalue weighted by atomic mass is 10.1. The summed E-state index contributed by atoms with van der Waals surface area (Å²) in [5, 5.41) is 1.11. The summed E-state index contributed by atoms with van der Waals surface area (Å²) in [6.07, 6.45) is 4.70. The fourth-order valence-electron chi connectivity index (χ4n) is 3.80. The van der Waals surface area contributed by atoms with Crippen LogP contribution >= 0.6 is 23.2 Å². The lowest BCUT2D eigenvalue weighted by Crippen LogP contribution is -2.39. The second kappa shape index (κ2) is 7.99. The molecule has 0 atom stereocenters. The number of rotatable bonds is 5. The van der Waals surface area contributed by atoms with Crippen LogP contribution in [0.25, 0.3) is 0 Å². The molecule has 0 radical (unpaired) electrons. The van der Waals surface area contributed by atoms with Crippen molar-refractivity contribution in [2.75, 3.05) is 6.79 Å². The van der Waals surface area contributed by atoms with Gasteiger partial charge in [0.25, 0.3) is 0 Å². The van der Waals surface area contributed by atoms with E-state index in [0.29, 0.717) is 16.6 Å². The van der Waals surface area contributed by atoms with E-state index in [2.05, 4.69) is 0 Å². The third-order valence-electron chi connectivity index (χ3n) is 5.23. The molecule has 0 saturated heterocycles. The van der Waals surface area contributed by atoms with E-state index in [1.54, 1.807) is 12.1 Å². The van der Waals surface area contributed by atoms with Crippen LogP contribution in [0.15, 0.2) is 36.4 Å². The smallest absolute Gasteiger partial charge is 0.231 e. The zero-order chi connectivity index (χ0) is 18.8. The average Bonchev–Trinajstić information content (AvgIpc) is 3.33. The molecule has 2 aliphatic rings. The molecule has 2 aromatic carbocycles. The number of hydrogen-bond acceptors (Lipinski definition) is 3. The van der Waals surface area contributed by atoms with Crippen molar-refractivity contribution in [3.8, 4) is 11.5 Å². The fraction of sp³-hybridized carbons (Fsp3) is 0.381. The number of amides is 1. The van der Waals surface area contributed by atoms with E-state index in [9.17, 15) is 4.79 Å². The van der Waals surface area contributed by atoms with E-state index >= 15 is 0 Å². The predicted molar refractivity (Wildman–Crippen MR) is 106 cm³/mol. The highest BCUT2D eigenvalue weighted by Crippen LogP contribution is 2.34. The lowest BCUT2D eigenvalue weighted by Gasteiger charge is -2.29. The van der Waals surface area contributed by atoms with Crippen molar-refractivity contribution < 1.29 is 14.3 Å². The SMILES string of the molecule is O=C(Cc1ccc(Cl)cc1Cl)N(Cc1ccc2c(c1)OCO2)C1CCCC1. The summed E-state index contributed by atoms with van der Waals surface area (Å²) in [5.41, 5.74) is 1.85. The standard InChI is InChI=1S/C21H21Cl2NO3/c22-16-7-6-15(18(23)11-16)10-21(25)24(17-3-1-2-4-17)12-14-5-8-19-20(9-14)27-13-26-19/h5-9,11,17H,1-4,10,12-13H2. The number of carbonyl (C=O) groups excluding carboxylic acids is 1. The maximum Gasteiger partial charge on any atom is 0.231 e. The molecule has 142 valence electrons. The summed E-state index contributed by atoms with van der Waals surface area (Å²) in [6.45, 7) is 0.810. The van der Waals surface area contributed by atoms with Gasteiger partial charge >= 0.3 is 0 Å². The molecule has 1 saturated carbocycles. The van der Waals surface area contributed by atoms with Gasteiger partial charge in [-0.1, -0.05) is 48.2 Å². The summed E-state index contributed by atoms with van der Waals surface area (Å²) >= 11 is 12.2. The Bertz CT molecular complexity index is 849. The highest BCUT2D eigenvalue weighted by molar-refractivity contribution is 6.35. The van der Waals surface area contributed by atoms with Gasteiger partial charge in [0, 0.05) is 22.6 Å². The highest BCUT2D eigenvalue weighted by Gasteiger charge is 2.27. The summed E-state index contributed by atoms with van der Waals surface area (Å²) < 4.78 is 10.9. The predicted octanol–water partition coefficient (Wildman–Crippen LogP) is 5.24. The van der Waals surface area contributed by atoms with Crippen LogP contribution < -0.4 is 9.47 Å². The molecule has 0 aromatic heterocycles. The first-order chi connectivity index (χ1) is 13.1. The molecule has 4 rings (SSSR count). The monoisotopic (exact) mass is 405 g/mol.